The zero-order valence-electron chi connectivity index (χ0n) is 10.8. The summed E-state index contributed by atoms with van der Waals surface area (Å²) in [5.41, 5.74) is -0.549. The van der Waals surface area contributed by atoms with Crippen molar-refractivity contribution in [3.8, 4) is 0 Å². The van der Waals surface area contributed by atoms with Crippen LogP contribution in [0.2, 0.25) is 0 Å². The summed E-state index contributed by atoms with van der Waals surface area (Å²) in [6, 6.07) is 0.584. The van der Waals surface area contributed by atoms with Gasteiger partial charge in [-0.15, -0.1) is 0 Å². The van der Waals surface area contributed by atoms with Crippen LogP contribution in [0.1, 0.15) is 51.4 Å². The van der Waals surface area contributed by atoms with E-state index in [9.17, 15) is 15.0 Å². The first kappa shape index (κ1) is 12.4. The first-order chi connectivity index (χ1) is 8.59. The first-order valence-electron chi connectivity index (χ1n) is 7.30. The number of nitrogens with zero attached hydrogens (tertiary/aromatic N) is 1. The summed E-state index contributed by atoms with van der Waals surface area (Å²) in [5, 5.41) is 19.9. The van der Waals surface area contributed by atoms with Crippen LogP contribution in [-0.2, 0) is 4.79 Å². The van der Waals surface area contributed by atoms with Gasteiger partial charge in [0, 0.05) is 18.6 Å². The van der Waals surface area contributed by atoms with Gasteiger partial charge < -0.3 is 10.2 Å². The third kappa shape index (κ3) is 2.05. The monoisotopic (exact) mass is 253 g/mol. The van der Waals surface area contributed by atoms with Gasteiger partial charge in [-0.1, -0.05) is 19.3 Å². The van der Waals surface area contributed by atoms with E-state index in [-0.39, 0.29) is 12.0 Å². The molecule has 2 saturated heterocycles. The van der Waals surface area contributed by atoms with E-state index in [1.165, 1.54) is 6.42 Å². The van der Waals surface area contributed by atoms with Crippen LogP contribution in [0.25, 0.3) is 0 Å². The van der Waals surface area contributed by atoms with Crippen molar-refractivity contribution in [2.75, 3.05) is 6.54 Å². The van der Waals surface area contributed by atoms with Crippen molar-refractivity contribution in [2.24, 2.45) is 5.92 Å². The van der Waals surface area contributed by atoms with Crippen molar-refractivity contribution in [1.29, 1.82) is 0 Å². The minimum atomic E-state index is -0.650. The van der Waals surface area contributed by atoms with Crippen molar-refractivity contribution in [3.05, 3.63) is 0 Å². The van der Waals surface area contributed by atoms with Crippen molar-refractivity contribution in [3.63, 3.8) is 0 Å². The van der Waals surface area contributed by atoms with E-state index in [1.54, 1.807) is 0 Å². The molecule has 0 amide bonds. The number of aliphatic carboxylic acids is 1. The second-order valence-electron chi connectivity index (χ2n) is 6.44. The number of hydrogen-bond donors (Lipinski definition) is 2. The predicted molar refractivity (Wildman–Crippen MR) is 67.3 cm³/mol. The highest BCUT2D eigenvalue weighted by molar-refractivity contribution is 5.71. The molecule has 0 radical (unpaired) electrons. The minimum absolute atomic E-state index is 0.179. The zero-order chi connectivity index (χ0) is 12.8. The van der Waals surface area contributed by atoms with Gasteiger partial charge >= 0.3 is 5.97 Å². The Morgan fingerprint density at radius 2 is 1.94 bits per heavy atom. The maximum atomic E-state index is 11.2. The van der Waals surface area contributed by atoms with E-state index in [1.807, 2.05) is 0 Å². The molecule has 3 atom stereocenters. The van der Waals surface area contributed by atoms with Crippen molar-refractivity contribution in [2.45, 2.75) is 69.1 Å². The Morgan fingerprint density at radius 1 is 1.22 bits per heavy atom. The van der Waals surface area contributed by atoms with Crippen LogP contribution in [-0.4, -0.2) is 45.3 Å². The van der Waals surface area contributed by atoms with Crippen molar-refractivity contribution < 1.29 is 15.0 Å². The molecular formula is C14H23NO3. The molecule has 3 aliphatic rings. The molecule has 2 N–H and O–H groups in total. The Kier molecular flexibility index (Phi) is 3.10. The van der Waals surface area contributed by atoms with Crippen LogP contribution in [0, 0.1) is 5.92 Å². The number of aliphatic hydroxyl groups is 1. The van der Waals surface area contributed by atoms with E-state index in [4.69, 9.17) is 0 Å². The van der Waals surface area contributed by atoms with Gasteiger partial charge in [0.05, 0.1) is 11.5 Å². The molecule has 102 valence electrons. The Hall–Kier alpha value is -0.610. The lowest BCUT2D eigenvalue weighted by Gasteiger charge is -2.37. The summed E-state index contributed by atoms with van der Waals surface area (Å²) >= 11 is 0. The Bertz CT molecular complexity index is 338. The fourth-order valence-corrected chi connectivity index (χ4v) is 4.32. The number of hydrogen-bond acceptors (Lipinski definition) is 3. The molecule has 2 aliphatic heterocycles. The van der Waals surface area contributed by atoms with Crippen LogP contribution >= 0.6 is 0 Å². The summed E-state index contributed by atoms with van der Waals surface area (Å²) in [5.74, 6) is -0.848. The molecule has 0 aromatic carbocycles. The number of carboxylic acids is 1. The molecule has 3 fully saturated rings. The van der Waals surface area contributed by atoms with E-state index >= 15 is 0 Å². The van der Waals surface area contributed by atoms with Crippen LogP contribution in [0.15, 0.2) is 0 Å². The van der Waals surface area contributed by atoms with Gasteiger partial charge in [-0.25, -0.2) is 0 Å². The van der Waals surface area contributed by atoms with Crippen molar-refractivity contribution in [1.82, 2.24) is 4.90 Å². The van der Waals surface area contributed by atoms with E-state index in [0.717, 1.165) is 44.9 Å². The van der Waals surface area contributed by atoms with E-state index in [0.29, 0.717) is 12.6 Å². The molecule has 3 rings (SSSR count). The molecule has 18 heavy (non-hydrogen) atoms. The average Bonchev–Trinajstić information content (AvgIpc) is 2.87. The second kappa shape index (κ2) is 4.49. The third-order valence-corrected chi connectivity index (χ3v) is 5.26. The zero-order valence-corrected chi connectivity index (χ0v) is 10.8. The summed E-state index contributed by atoms with van der Waals surface area (Å²) < 4.78 is 0. The van der Waals surface area contributed by atoms with Crippen molar-refractivity contribution >= 4 is 5.97 Å². The maximum absolute atomic E-state index is 11.2. The van der Waals surface area contributed by atoms with Gasteiger partial charge in [0.15, 0.2) is 0 Å². The fourth-order valence-electron chi connectivity index (χ4n) is 4.32. The lowest BCUT2D eigenvalue weighted by Crippen LogP contribution is -2.47. The summed E-state index contributed by atoms with van der Waals surface area (Å²) in [4.78, 5) is 13.5. The van der Waals surface area contributed by atoms with E-state index < -0.39 is 11.6 Å². The molecular weight excluding hydrogens is 230 g/mol. The van der Waals surface area contributed by atoms with Gasteiger partial charge in [0.1, 0.15) is 0 Å². The standard InChI is InChI=1S/C14H23NO3/c16-13(17)11-8-10-4-5-12(11)15(10)9-14(18)6-2-1-3-7-14/h10-12,18H,1-9H2,(H,16,17). The highest BCUT2D eigenvalue weighted by atomic mass is 16.4. The van der Waals surface area contributed by atoms with E-state index in [2.05, 4.69) is 4.90 Å². The predicted octanol–water partition coefficient (Wildman–Crippen LogP) is 1.62. The largest absolute Gasteiger partial charge is 0.481 e. The van der Waals surface area contributed by atoms with Gasteiger partial charge in [-0.3, -0.25) is 9.69 Å². The number of fused-ring (bicyclic) bond motifs is 2. The molecule has 0 aromatic heterocycles. The number of carbonyl (C=O) groups is 1. The van der Waals surface area contributed by atoms with Gasteiger partial charge in [0.2, 0.25) is 0 Å². The summed E-state index contributed by atoms with van der Waals surface area (Å²) in [7, 11) is 0. The summed E-state index contributed by atoms with van der Waals surface area (Å²) in [6.45, 7) is 0.701. The molecule has 1 aliphatic carbocycles. The quantitative estimate of drug-likeness (QED) is 0.802. The lowest BCUT2D eigenvalue weighted by molar-refractivity contribution is -0.143. The smallest absolute Gasteiger partial charge is 0.308 e. The number of rotatable bonds is 3. The third-order valence-electron chi connectivity index (χ3n) is 5.26. The molecule has 2 heterocycles. The van der Waals surface area contributed by atoms with Crippen LogP contribution in [0.3, 0.4) is 0 Å². The Morgan fingerprint density at radius 3 is 2.56 bits per heavy atom. The fraction of sp³-hybridized carbons (Fsp3) is 0.929. The highest BCUT2D eigenvalue weighted by Gasteiger charge is 2.51. The molecule has 0 aromatic rings. The maximum Gasteiger partial charge on any atom is 0.308 e. The molecule has 2 bridgehead atoms. The highest BCUT2D eigenvalue weighted by Crippen LogP contribution is 2.43. The van der Waals surface area contributed by atoms with Crippen LogP contribution < -0.4 is 0 Å². The van der Waals surface area contributed by atoms with Crippen LogP contribution in [0.5, 0.6) is 0 Å². The topological polar surface area (TPSA) is 60.8 Å². The summed E-state index contributed by atoms with van der Waals surface area (Å²) in [6.07, 6.45) is 8.14. The molecule has 4 nitrogen and oxygen atoms in total. The average molecular weight is 253 g/mol. The first-order valence-corrected chi connectivity index (χ1v) is 7.30. The second-order valence-corrected chi connectivity index (χ2v) is 6.44. The Balaban J connectivity index is 1.68. The SMILES string of the molecule is O=C(O)C1CC2CCC1N2CC1(O)CCCCC1. The normalized spacial score (nSPS) is 39.1. The number of carboxylic acid groups (broad SMARTS) is 1. The molecule has 4 heteroatoms. The Labute approximate surface area is 108 Å². The van der Waals surface area contributed by atoms with Gasteiger partial charge in [0.25, 0.3) is 0 Å². The van der Waals surface area contributed by atoms with Gasteiger partial charge in [-0.05, 0) is 32.1 Å². The molecule has 1 saturated carbocycles. The van der Waals surface area contributed by atoms with Gasteiger partial charge in [-0.2, -0.15) is 0 Å². The molecule has 0 spiro atoms. The molecule has 3 unspecified atom stereocenters. The lowest BCUT2D eigenvalue weighted by atomic mass is 9.84. The minimum Gasteiger partial charge on any atom is -0.481 e. The van der Waals surface area contributed by atoms with Crippen LogP contribution in [0.4, 0.5) is 0 Å².